The molecule has 0 fully saturated rings. The molecular weight excluding hydrogens is 334 g/mol. The number of hydrogen-bond acceptors (Lipinski definition) is 2. The monoisotopic (exact) mass is 342 g/mol. The predicted octanol–water partition coefficient (Wildman–Crippen LogP) is 3.08. The number of nitrogens with zero attached hydrogens (tertiary/aromatic N) is 1. The van der Waals surface area contributed by atoms with Crippen molar-refractivity contribution in [3.63, 3.8) is 0 Å². The van der Waals surface area contributed by atoms with Gasteiger partial charge in [-0.15, -0.1) is 0 Å². The lowest BCUT2D eigenvalue weighted by atomic mass is 10.2. The van der Waals surface area contributed by atoms with E-state index in [1.807, 2.05) is 12.1 Å². The number of amides is 1. The minimum atomic E-state index is -0.629. The molecule has 0 saturated carbocycles. The van der Waals surface area contributed by atoms with Crippen LogP contribution in [0.2, 0.25) is 0 Å². The Labute approximate surface area is 111 Å². The highest BCUT2D eigenvalue weighted by atomic mass is 127. The first kappa shape index (κ1) is 12.0. The molecule has 1 heterocycles. The summed E-state index contributed by atoms with van der Waals surface area (Å²) in [4.78, 5) is 15.3. The van der Waals surface area contributed by atoms with Crippen LogP contribution in [0.1, 0.15) is 10.4 Å². The maximum Gasteiger partial charge on any atom is 0.258 e. The molecule has 1 N–H and O–H groups in total. The lowest BCUT2D eigenvalue weighted by Crippen LogP contribution is -2.13. The smallest absolute Gasteiger partial charge is 0.258 e. The number of carbonyl (C=O) groups excluding carboxylic acids is 1. The topological polar surface area (TPSA) is 42.0 Å². The lowest BCUT2D eigenvalue weighted by Gasteiger charge is -2.05. The molecule has 0 unspecified atom stereocenters. The summed E-state index contributed by atoms with van der Waals surface area (Å²) in [5.41, 5.74) is 0.616. The van der Waals surface area contributed by atoms with Gasteiger partial charge < -0.3 is 5.32 Å². The maximum absolute atomic E-state index is 13.3. The van der Waals surface area contributed by atoms with E-state index < -0.39 is 11.7 Å². The van der Waals surface area contributed by atoms with Crippen molar-refractivity contribution in [2.24, 2.45) is 0 Å². The Morgan fingerprint density at radius 2 is 1.94 bits per heavy atom. The van der Waals surface area contributed by atoms with Gasteiger partial charge in [0.25, 0.3) is 5.91 Å². The van der Waals surface area contributed by atoms with Gasteiger partial charge in [-0.25, -0.2) is 4.39 Å². The minimum Gasteiger partial charge on any atom is -0.322 e. The molecule has 1 aromatic carbocycles. The summed E-state index contributed by atoms with van der Waals surface area (Å²) < 4.78 is 14.3. The van der Waals surface area contributed by atoms with Crippen LogP contribution in [0.5, 0.6) is 0 Å². The van der Waals surface area contributed by atoms with Gasteiger partial charge in [-0.05, 0) is 52.9 Å². The van der Waals surface area contributed by atoms with Crippen LogP contribution in [0, 0.1) is 9.39 Å². The van der Waals surface area contributed by atoms with Gasteiger partial charge in [0.1, 0.15) is 0 Å². The number of halogens is 2. The number of pyridine rings is 1. The minimum absolute atomic E-state index is 0.0152. The van der Waals surface area contributed by atoms with Gasteiger partial charge in [-0.3, -0.25) is 9.78 Å². The molecule has 0 atom stereocenters. The summed E-state index contributed by atoms with van der Waals surface area (Å²) in [6.07, 6.45) is 2.40. The second-order valence-electron chi connectivity index (χ2n) is 3.32. The van der Waals surface area contributed by atoms with Crippen LogP contribution < -0.4 is 5.32 Å². The van der Waals surface area contributed by atoms with Gasteiger partial charge in [0.2, 0.25) is 0 Å². The van der Waals surface area contributed by atoms with Gasteiger partial charge >= 0.3 is 0 Å². The Balaban J connectivity index is 2.17. The van der Waals surface area contributed by atoms with Crippen molar-refractivity contribution in [2.45, 2.75) is 0 Å². The van der Waals surface area contributed by atoms with Crippen molar-refractivity contribution in [1.82, 2.24) is 4.98 Å². The number of hydrogen-bond donors (Lipinski definition) is 1. The van der Waals surface area contributed by atoms with E-state index >= 15 is 0 Å². The molecule has 0 bridgehead atoms. The molecule has 0 aliphatic heterocycles. The molecule has 5 heteroatoms. The summed E-state index contributed by atoms with van der Waals surface area (Å²) in [5, 5.41) is 2.62. The highest BCUT2D eigenvalue weighted by Crippen LogP contribution is 2.13. The van der Waals surface area contributed by atoms with Crippen LogP contribution in [-0.2, 0) is 0 Å². The zero-order valence-corrected chi connectivity index (χ0v) is 10.8. The van der Waals surface area contributed by atoms with Crippen LogP contribution in [-0.4, -0.2) is 10.9 Å². The summed E-state index contributed by atoms with van der Waals surface area (Å²) in [6, 6.07) is 8.59. The molecule has 0 aliphatic carbocycles. The molecule has 2 rings (SSSR count). The third kappa shape index (κ3) is 3.00. The van der Waals surface area contributed by atoms with Crippen LogP contribution in [0.15, 0.2) is 42.7 Å². The van der Waals surface area contributed by atoms with Gasteiger partial charge in [-0.1, -0.05) is 0 Å². The third-order valence-electron chi connectivity index (χ3n) is 2.12. The van der Waals surface area contributed by atoms with E-state index in [1.165, 1.54) is 12.3 Å². The average molecular weight is 342 g/mol. The lowest BCUT2D eigenvalue weighted by molar-refractivity contribution is 0.102. The Kier molecular flexibility index (Phi) is 3.68. The van der Waals surface area contributed by atoms with E-state index in [0.29, 0.717) is 5.69 Å². The standard InChI is InChI=1S/C12H8FIN2O/c13-11-7-15-6-5-10(11)12(17)16-9-3-1-8(14)2-4-9/h1-7H,(H,16,17). The second kappa shape index (κ2) is 5.22. The molecular formula is C12H8FIN2O. The Hall–Kier alpha value is -1.50. The van der Waals surface area contributed by atoms with Crippen LogP contribution in [0.25, 0.3) is 0 Å². The number of rotatable bonds is 2. The van der Waals surface area contributed by atoms with Crippen molar-refractivity contribution in [3.05, 3.63) is 57.7 Å². The van der Waals surface area contributed by atoms with E-state index in [-0.39, 0.29) is 5.56 Å². The predicted molar refractivity (Wildman–Crippen MR) is 71.3 cm³/mol. The van der Waals surface area contributed by atoms with Crippen LogP contribution in [0.3, 0.4) is 0 Å². The average Bonchev–Trinajstić information content (AvgIpc) is 2.32. The fraction of sp³-hybridized carbons (Fsp3) is 0. The van der Waals surface area contributed by atoms with Gasteiger partial charge in [-0.2, -0.15) is 0 Å². The second-order valence-corrected chi connectivity index (χ2v) is 4.56. The van der Waals surface area contributed by atoms with E-state index in [1.54, 1.807) is 12.1 Å². The molecule has 0 saturated heterocycles. The summed E-state index contributed by atoms with van der Waals surface area (Å²) >= 11 is 2.17. The van der Waals surface area contributed by atoms with E-state index in [2.05, 4.69) is 32.9 Å². The zero-order chi connectivity index (χ0) is 12.3. The maximum atomic E-state index is 13.3. The van der Waals surface area contributed by atoms with Gasteiger partial charge in [0.05, 0.1) is 11.8 Å². The first-order valence-corrected chi connectivity index (χ1v) is 5.91. The quantitative estimate of drug-likeness (QED) is 0.853. The molecule has 1 amide bonds. The molecule has 86 valence electrons. The summed E-state index contributed by atoms with van der Waals surface area (Å²) in [7, 11) is 0. The Bertz CT molecular complexity index is 542. The molecule has 0 radical (unpaired) electrons. The van der Waals surface area contributed by atoms with Crippen LogP contribution >= 0.6 is 22.6 Å². The van der Waals surface area contributed by atoms with Crippen molar-refractivity contribution < 1.29 is 9.18 Å². The number of benzene rings is 1. The van der Waals surface area contributed by atoms with E-state index in [4.69, 9.17) is 0 Å². The van der Waals surface area contributed by atoms with Crippen molar-refractivity contribution in [3.8, 4) is 0 Å². The first-order valence-electron chi connectivity index (χ1n) is 4.83. The normalized spacial score (nSPS) is 10.0. The van der Waals surface area contributed by atoms with Crippen molar-refractivity contribution in [2.75, 3.05) is 5.32 Å². The molecule has 1 aromatic heterocycles. The number of carbonyl (C=O) groups is 1. The Morgan fingerprint density at radius 1 is 1.24 bits per heavy atom. The molecule has 17 heavy (non-hydrogen) atoms. The Morgan fingerprint density at radius 3 is 2.59 bits per heavy atom. The zero-order valence-electron chi connectivity index (χ0n) is 8.65. The highest BCUT2D eigenvalue weighted by Gasteiger charge is 2.11. The molecule has 3 nitrogen and oxygen atoms in total. The highest BCUT2D eigenvalue weighted by molar-refractivity contribution is 14.1. The fourth-order valence-electron chi connectivity index (χ4n) is 1.29. The molecule has 0 spiro atoms. The van der Waals surface area contributed by atoms with Crippen molar-refractivity contribution in [1.29, 1.82) is 0 Å². The van der Waals surface area contributed by atoms with Crippen LogP contribution in [0.4, 0.5) is 10.1 Å². The third-order valence-corrected chi connectivity index (χ3v) is 2.84. The van der Waals surface area contributed by atoms with Gasteiger partial charge in [0.15, 0.2) is 5.82 Å². The van der Waals surface area contributed by atoms with E-state index in [9.17, 15) is 9.18 Å². The number of anilines is 1. The van der Waals surface area contributed by atoms with E-state index in [0.717, 1.165) is 9.77 Å². The summed E-state index contributed by atoms with van der Waals surface area (Å²) in [5.74, 6) is -1.11. The SMILES string of the molecule is O=C(Nc1ccc(I)cc1)c1ccncc1F. The fourth-order valence-corrected chi connectivity index (χ4v) is 1.65. The number of nitrogens with one attached hydrogen (secondary N) is 1. The molecule has 0 aliphatic rings. The number of aromatic nitrogens is 1. The van der Waals surface area contributed by atoms with Crippen molar-refractivity contribution >= 4 is 34.2 Å². The summed E-state index contributed by atoms with van der Waals surface area (Å²) in [6.45, 7) is 0. The largest absolute Gasteiger partial charge is 0.322 e. The van der Waals surface area contributed by atoms with Gasteiger partial charge in [0, 0.05) is 15.5 Å². The molecule has 2 aromatic rings. The first-order chi connectivity index (χ1) is 8.16.